The molecule has 3 heterocycles. The van der Waals surface area contributed by atoms with Gasteiger partial charge in [-0.1, -0.05) is 18.2 Å². The first-order valence-electron chi connectivity index (χ1n) is 7.66. The van der Waals surface area contributed by atoms with E-state index in [9.17, 15) is 0 Å². The molecule has 0 atom stereocenters. The minimum absolute atomic E-state index is 0.909. The predicted molar refractivity (Wildman–Crippen MR) is 89.5 cm³/mol. The molecule has 0 aliphatic carbocycles. The van der Waals surface area contributed by atoms with E-state index >= 15 is 0 Å². The van der Waals surface area contributed by atoms with Crippen LogP contribution in [0.4, 0.5) is 11.5 Å². The molecule has 0 saturated carbocycles. The first-order valence-corrected chi connectivity index (χ1v) is 7.66. The van der Waals surface area contributed by atoms with Crippen molar-refractivity contribution in [3.63, 3.8) is 0 Å². The summed E-state index contributed by atoms with van der Waals surface area (Å²) in [6.45, 7) is 6.16. The smallest absolute Gasteiger partial charge is 0.142 e. The Balaban J connectivity index is 1.55. The number of benzene rings is 1. The first kappa shape index (κ1) is 13.1. The quantitative estimate of drug-likeness (QED) is 0.789. The zero-order valence-electron chi connectivity index (χ0n) is 12.7. The molecule has 0 radical (unpaired) electrons. The SMILES string of the molecule is Cc1ccccc1N1CCN(c2ncnc3[nH]ccc23)CC1. The highest BCUT2D eigenvalue weighted by Gasteiger charge is 2.21. The molecule has 1 aliphatic heterocycles. The highest BCUT2D eigenvalue weighted by Crippen LogP contribution is 2.25. The fourth-order valence-corrected chi connectivity index (χ4v) is 3.19. The first-order chi connectivity index (χ1) is 10.8. The van der Waals surface area contributed by atoms with E-state index in [0.717, 1.165) is 43.0 Å². The van der Waals surface area contributed by atoms with E-state index in [2.05, 4.69) is 62.0 Å². The molecule has 112 valence electrons. The van der Waals surface area contributed by atoms with Gasteiger partial charge in [-0.05, 0) is 24.6 Å². The standard InChI is InChI=1S/C17H19N5/c1-13-4-2-3-5-15(13)21-8-10-22(11-9-21)17-14-6-7-18-16(14)19-12-20-17/h2-7,12H,8-11H2,1H3,(H,18,19,20). The summed E-state index contributed by atoms with van der Waals surface area (Å²) < 4.78 is 0. The van der Waals surface area contributed by atoms with Crippen LogP contribution in [0.5, 0.6) is 0 Å². The van der Waals surface area contributed by atoms with Crippen molar-refractivity contribution < 1.29 is 0 Å². The zero-order chi connectivity index (χ0) is 14.9. The van der Waals surface area contributed by atoms with E-state index in [0.29, 0.717) is 0 Å². The lowest BCUT2D eigenvalue weighted by molar-refractivity contribution is 0.648. The number of nitrogens with zero attached hydrogens (tertiary/aromatic N) is 4. The van der Waals surface area contributed by atoms with Gasteiger partial charge in [0.05, 0.1) is 5.39 Å². The van der Waals surface area contributed by atoms with E-state index < -0.39 is 0 Å². The van der Waals surface area contributed by atoms with Gasteiger partial charge in [0.25, 0.3) is 0 Å². The molecule has 5 heteroatoms. The van der Waals surface area contributed by atoms with Crippen LogP contribution < -0.4 is 9.80 Å². The predicted octanol–water partition coefficient (Wildman–Crippen LogP) is 2.59. The van der Waals surface area contributed by atoms with Crippen molar-refractivity contribution in [3.8, 4) is 0 Å². The molecular formula is C17H19N5. The monoisotopic (exact) mass is 293 g/mol. The summed E-state index contributed by atoms with van der Waals surface area (Å²) in [6, 6.07) is 10.6. The number of piperazine rings is 1. The Morgan fingerprint density at radius 1 is 0.955 bits per heavy atom. The van der Waals surface area contributed by atoms with E-state index in [1.807, 2.05) is 6.20 Å². The zero-order valence-corrected chi connectivity index (χ0v) is 12.7. The molecule has 1 fully saturated rings. The average molecular weight is 293 g/mol. The van der Waals surface area contributed by atoms with Crippen molar-refractivity contribution in [2.75, 3.05) is 36.0 Å². The van der Waals surface area contributed by atoms with Crippen LogP contribution in [0.25, 0.3) is 11.0 Å². The third-order valence-electron chi connectivity index (χ3n) is 4.37. The van der Waals surface area contributed by atoms with Gasteiger partial charge in [0, 0.05) is 38.1 Å². The Kier molecular flexibility index (Phi) is 3.18. The van der Waals surface area contributed by atoms with Gasteiger partial charge in [0.15, 0.2) is 0 Å². The molecule has 4 rings (SSSR count). The van der Waals surface area contributed by atoms with Crippen LogP contribution in [0.15, 0.2) is 42.9 Å². The molecule has 0 unspecified atom stereocenters. The van der Waals surface area contributed by atoms with Crippen molar-refractivity contribution in [3.05, 3.63) is 48.4 Å². The van der Waals surface area contributed by atoms with Crippen LogP contribution in [0, 0.1) is 6.92 Å². The average Bonchev–Trinajstić information content (AvgIpc) is 3.04. The number of rotatable bonds is 2. The van der Waals surface area contributed by atoms with Crippen LogP contribution in [-0.4, -0.2) is 41.1 Å². The number of aryl methyl sites for hydroxylation is 1. The lowest BCUT2D eigenvalue weighted by Gasteiger charge is -2.37. The molecule has 3 aromatic rings. The van der Waals surface area contributed by atoms with Crippen LogP contribution in [-0.2, 0) is 0 Å². The molecule has 0 spiro atoms. The van der Waals surface area contributed by atoms with Crippen LogP contribution in [0.1, 0.15) is 5.56 Å². The lowest BCUT2D eigenvalue weighted by Crippen LogP contribution is -2.47. The van der Waals surface area contributed by atoms with Crippen molar-refractivity contribution in [1.82, 2.24) is 15.0 Å². The normalized spacial score (nSPS) is 15.5. The maximum Gasteiger partial charge on any atom is 0.142 e. The molecule has 5 nitrogen and oxygen atoms in total. The second-order valence-electron chi connectivity index (χ2n) is 5.70. The Hall–Kier alpha value is -2.56. The number of H-pyrrole nitrogens is 1. The number of anilines is 2. The number of hydrogen-bond acceptors (Lipinski definition) is 4. The van der Waals surface area contributed by atoms with Crippen LogP contribution in [0.3, 0.4) is 0 Å². The minimum atomic E-state index is 0.909. The van der Waals surface area contributed by atoms with Gasteiger partial charge in [0.2, 0.25) is 0 Å². The van der Waals surface area contributed by atoms with E-state index in [4.69, 9.17) is 0 Å². The number of aromatic nitrogens is 3. The number of para-hydroxylation sites is 1. The maximum atomic E-state index is 4.49. The van der Waals surface area contributed by atoms with E-state index in [-0.39, 0.29) is 0 Å². The summed E-state index contributed by atoms with van der Waals surface area (Å²) in [5.41, 5.74) is 3.59. The Bertz CT molecular complexity index is 786. The maximum absolute atomic E-state index is 4.49. The molecule has 0 bridgehead atoms. The van der Waals surface area contributed by atoms with Crippen molar-refractivity contribution >= 4 is 22.5 Å². The summed E-state index contributed by atoms with van der Waals surface area (Å²) in [4.78, 5) is 16.7. The summed E-state index contributed by atoms with van der Waals surface area (Å²) >= 11 is 0. The van der Waals surface area contributed by atoms with Gasteiger partial charge < -0.3 is 14.8 Å². The van der Waals surface area contributed by atoms with Crippen LogP contribution in [0.2, 0.25) is 0 Å². The summed E-state index contributed by atoms with van der Waals surface area (Å²) in [5.74, 6) is 1.04. The Morgan fingerprint density at radius 2 is 1.73 bits per heavy atom. The molecule has 1 aromatic carbocycles. The van der Waals surface area contributed by atoms with Gasteiger partial charge in [-0.3, -0.25) is 0 Å². The van der Waals surface area contributed by atoms with E-state index in [1.165, 1.54) is 11.3 Å². The molecule has 2 aromatic heterocycles. The molecule has 1 aliphatic rings. The third-order valence-corrected chi connectivity index (χ3v) is 4.37. The van der Waals surface area contributed by atoms with Gasteiger partial charge in [-0.2, -0.15) is 0 Å². The van der Waals surface area contributed by atoms with Crippen molar-refractivity contribution in [2.24, 2.45) is 0 Å². The van der Waals surface area contributed by atoms with Crippen molar-refractivity contribution in [1.29, 1.82) is 0 Å². The number of aromatic amines is 1. The molecule has 0 amide bonds. The third kappa shape index (κ3) is 2.19. The highest BCUT2D eigenvalue weighted by atomic mass is 15.3. The Morgan fingerprint density at radius 3 is 2.55 bits per heavy atom. The molecule has 1 N–H and O–H groups in total. The highest BCUT2D eigenvalue weighted by molar-refractivity contribution is 5.87. The fraction of sp³-hybridized carbons (Fsp3) is 0.294. The fourth-order valence-electron chi connectivity index (χ4n) is 3.19. The van der Waals surface area contributed by atoms with Crippen LogP contribution >= 0.6 is 0 Å². The Labute approximate surface area is 129 Å². The lowest BCUT2D eigenvalue weighted by atomic mass is 10.1. The van der Waals surface area contributed by atoms with E-state index in [1.54, 1.807) is 6.33 Å². The van der Waals surface area contributed by atoms with Crippen molar-refractivity contribution in [2.45, 2.75) is 6.92 Å². The number of nitrogens with one attached hydrogen (secondary N) is 1. The summed E-state index contributed by atoms with van der Waals surface area (Å²) in [7, 11) is 0. The molecular weight excluding hydrogens is 274 g/mol. The minimum Gasteiger partial charge on any atom is -0.368 e. The molecule has 22 heavy (non-hydrogen) atoms. The largest absolute Gasteiger partial charge is 0.368 e. The topological polar surface area (TPSA) is 48.1 Å². The summed E-state index contributed by atoms with van der Waals surface area (Å²) in [5, 5.41) is 1.10. The summed E-state index contributed by atoms with van der Waals surface area (Å²) in [6.07, 6.45) is 3.56. The number of hydrogen-bond donors (Lipinski definition) is 1. The number of fused-ring (bicyclic) bond motifs is 1. The van der Waals surface area contributed by atoms with Gasteiger partial charge in [-0.15, -0.1) is 0 Å². The second kappa shape index (κ2) is 5.33. The van der Waals surface area contributed by atoms with Gasteiger partial charge >= 0.3 is 0 Å². The molecule has 1 saturated heterocycles. The van der Waals surface area contributed by atoms with Gasteiger partial charge in [-0.25, -0.2) is 9.97 Å². The second-order valence-corrected chi connectivity index (χ2v) is 5.70. The van der Waals surface area contributed by atoms with Gasteiger partial charge in [0.1, 0.15) is 17.8 Å².